The standard InChI is InChI=1S/C21H32N4O3.HI/c1-22-21(24-13-15-6-7-15)23-9-4-5-20(26)25-10-8-16-11-18(27-2)19(28-3)12-17(16)14-25;/h11-12,15H,4-10,13-14H2,1-3H3,(H2,22,23,24);1H. The molecule has 1 aliphatic carbocycles. The minimum Gasteiger partial charge on any atom is -0.493 e. The van der Waals surface area contributed by atoms with Gasteiger partial charge in [-0.05, 0) is 54.9 Å². The zero-order chi connectivity index (χ0) is 19.9. The molecule has 1 aliphatic heterocycles. The number of rotatable bonds is 8. The summed E-state index contributed by atoms with van der Waals surface area (Å²) in [5, 5.41) is 6.63. The van der Waals surface area contributed by atoms with Crippen LogP contribution in [0, 0.1) is 5.92 Å². The average molecular weight is 516 g/mol. The van der Waals surface area contributed by atoms with E-state index in [2.05, 4.69) is 15.6 Å². The van der Waals surface area contributed by atoms with E-state index in [4.69, 9.17) is 9.47 Å². The first kappa shape index (κ1) is 23.6. The second-order valence-corrected chi connectivity index (χ2v) is 7.47. The smallest absolute Gasteiger partial charge is 0.222 e. The third-order valence-corrected chi connectivity index (χ3v) is 5.41. The lowest BCUT2D eigenvalue weighted by molar-refractivity contribution is -0.132. The number of fused-ring (bicyclic) bond motifs is 1. The van der Waals surface area contributed by atoms with E-state index in [1.54, 1.807) is 21.3 Å². The fraction of sp³-hybridized carbons (Fsp3) is 0.619. The van der Waals surface area contributed by atoms with E-state index in [0.29, 0.717) is 18.7 Å². The molecule has 0 aromatic heterocycles. The van der Waals surface area contributed by atoms with E-state index >= 15 is 0 Å². The Labute approximate surface area is 190 Å². The van der Waals surface area contributed by atoms with E-state index < -0.39 is 0 Å². The molecule has 1 saturated carbocycles. The predicted molar refractivity (Wildman–Crippen MR) is 125 cm³/mol. The van der Waals surface area contributed by atoms with Crippen molar-refractivity contribution in [3.8, 4) is 11.5 Å². The average Bonchev–Trinajstić information content (AvgIpc) is 3.56. The van der Waals surface area contributed by atoms with E-state index in [0.717, 1.165) is 55.7 Å². The summed E-state index contributed by atoms with van der Waals surface area (Å²) in [6.45, 7) is 3.11. The van der Waals surface area contributed by atoms with Gasteiger partial charge in [-0.15, -0.1) is 24.0 Å². The number of carbonyl (C=O) groups excluding carboxylic acids is 1. The summed E-state index contributed by atoms with van der Waals surface area (Å²) in [6.07, 6.45) is 4.80. The number of aliphatic imine (C=N–C) groups is 1. The molecule has 0 bridgehead atoms. The molecule has 0 radical (unpaired) electrons. The first-order valence-corrected chi connectivity index (χ1v) is 10.1. The minimum atomic E-state index is 0. The fourth-order valence-corrected chi connectivity index (χ4v) is 3.48. The number of methoxy groups -OCH3 is 2. The van der Waals surface area contributed by atoms with Crippen LogP contribution in [0.2, 0.25) is 0 Å². The van der Waals surface area contributed by atoms with Gasteiger partial charge in [0.1, 0.15) is 0 Å². The Morgan fingerprint density at radius 1 is 1.17 bits per heavy atom. The van der Waals surface area contributed by atoms with Crippen molar-refractivity contribution in [1.82, 2.24) is 15.5 Å². The molecule has 1 aromatic carbocycles. The SMILES string of the molecule is CN=C(NCCCC(=O)N1CCc2cc(OC)c(OC)cc2C1)NCC1CC1.I. The lowest BCUT2D eigenvalue weighted by Gasteiger charge is -2.29. The summed E-state index contributed by atoms with van der Waals surface area (Å²) in [5.74, 6) is 3.29. The van der Waals surface area contributed by atoms with E-state index in [1.807, 2.05) is 17.0 Å². The second-order valence-electron chi connectivity index (χ2n) is 7.47. The van der Waals surface area contributed by atoms with Crippen molar-refractivity contribution in [3.63, 3.8) is 0 Å². The highest BCUT2D eigenvalue weighted by Gasteiger charge is 2.23. The number of guanidine groups is 1. The predicted octanol–water partition coefficient (Wildman–Crippen LogP) is 2.56. The Bertz CT molecular complexity index is 722. The van der Waals surface area contributed by atoms with Gasteiger partial charge in [-0.2, -0.15) is 0 Å². The molecule has 0 saturated heterocycles. The van der Waals surface area contributed by atoms with Gasteiger partial charge in [0.15, 0.2) is 17.5 Å². The van der Waals surface area contributed by atoms with Crippen LogP contribution in [-0.2, 0) is 17.8 Å². The first-order valence-electron chi connectivity index (χ1n) is 10.1. The van der Waals surface area contributed by atoms with Crippen molar-refractivity contribution in [2.24, 2.45) is 10.9 Å². The molecule has 0 spiro atoms. The molecular weight excluding hydrogens is 483 g/mol. The molecule has 0 unspecified atom stereocenters. The molecule has 3 rings (SSSR count). The molecule has 0 atom stereocenters. The van der Waals surface area contributed by atoms with Gasteiger partial charge in [0, 0.05) is 39.6 Å². The van der Waals surface area contributed by atoms with Crippen LogP contribution in [0.15, 0.2) is 17.1 Å². The molecule has 7 nitrogen and oxygen atoms in total. The van der Waals surface area contributed by atoms with Gasteiger partial charge in [-0.3, -0.25) is 9.79 Å². The van der Waals surface area contributed by atoms with Crippen LogP contribution < -0.4 is 20.1 Å². The zero-order valence-electron chi connectivity index (χ0n) is 17.6. The second kappa shape index (κ2) is 11.5. The third kappa shape index (κ3) is 6.65. The monoisotopic (exact) mass is 516 g/mol. The van der Waals surface area contributed by atoms with Crippen molar-refractivity contribution < 1.29 is 14.3 Å². The molecule has 29 heavy (non-hydrogen) atoms. The van der Waals surface area contributed by atoms with Gasteiger partial charge >= 0.3 is 0 Å². The zero-order valence-corrected chi connectivity index (χ0v) is 20.0. The highest BCUT2D eigenvalue weighted by molar-refractivity contribution is 14.0. The summed E-state index contributed by atoms with van der Waals surface area (Å²) in [7, 11) is 5.06. The summed E-state index contributed by atoms with van der Waals surface area (Å²) in [4.78, 5) is 18.8. The van der Waals surface area contributed by atoms with Crippen LogP contribution in [0.1, 0.15) is 36.8 Å². The number of nitrogens with one attached hydrogen (secondary N) is 2. The number of halogens is 1. The van der Waals surface area contributed by atoms with Crippen LogP contribution >= 0.6 is 24.0 Å². The maximum Gasteiger partial charge on any atom is 0.222 e. The van der Waals surface area contributed by atoms with E-state index in [-0.39, 0.29) is 29.9 Å². The largest absolute Gasteiger partial charge is 0.493 e. The van der Waals surface area contributed by atoms with Gasteiger partial charge in [-0.25, -0.2) is 0 Å². The topological polar surface area (TPSA) is 75.2 Å². The van der Waals surface area contributed by atoms with Crippen LogP contribution in [-0.4, -0.2) is 57.7 Å². The molecule has 162 valence electrons. The van der Waals surface area contributed by atoms with E-state index in [9.17, 15) is 4.79 Å². The van der Waals surface area contributed by atoms with Gasteiger partial charge < -0.3 is 25.0 Å². The number of benzene rings is 1. The summed E-state index contributed by atoms with van der Waals surface area (Å²) in [5.41, 5.74) is 2.37. The summed E-state index contributed by atoms with van der Waals surface area (Å²) >= 11 is 0. The molecule has 8 heteroatoms. The van der Waals surface area contributed by atoms with Gasteiger partial charge in [-0.1, -0.05) is 0 Å². The van der Waals surface area contributed by atoms with Crippen molar-refractivity contribution in [3.05, 3.63) is 23.3 Å². The normalized spacial score (nSPS) is 15.8. The van der Waals surface area contributed by atoms with Crippen molar-refractivity contribution >= 4 is 35.8 Å². The van der Waals surface area contributed by atoms with Crippen molar-refractivity contribution in [2.45, 2.75) is 38.6 Å². The van der Waals surface area contributed by atoms with Crippen molar-refractivity contribution in [2.75, 3.05) is 40.9 Å². The lowest BCUT2D eigenvalue weighted by Crippen LogP contribution is -2.39. The number of hydrogen-bond donors (Lipinski definition) is 2. The number of hydrogen-bond acceptors (Lipinski definition) is 4. The van der Waals surface area contributed by atoms with Crippen LogP contribution in [0.4, 0.5) is 0 Å². The Morgan fingerprint density at radius 3 is 2.48 bits per heavy atom. The molecule has 1 fully saturated rings. The van der Waals surface area contributed by atoms with Gasteiger partial charge in [0.25, 0.3) is 0 Å². The molecule has 1 aromatic rings. The number of carbonyl (C=O) groups is 1. The quantitative estimate of drug-likeness (QED) is 0.241. The van der Waals surface area contributed by atoms with Crippen LogP contribution in [0.25, 0.3) is 0 Å². The number of ether oxygens (including phenoxy) is 2. The Balaban J connectivity index is 0.00000300. The maximum atomic E-state index is 12.6. The third-order valence-electron chi connectivity index (χ3n) is 5.41. The summed E-state index contributed by atoms with van der Waals surface area (Å²) < 4.78 is 10.8. The molecule has 1 amide bonds. The highest BCUT2D eigenvalue weighted by Crippen LogP contribution is 2.33. The fourth-order valence-electron chi connectivity index (χ4n) is 3.48. The van der Waals surface area contributed by atoms with Crippen molar-refractivity contribution in [1.29, 1.82) is 0 Å². The molecule has 2 N–H and O–H groups in total. The molecule has 1 heterocycles. The van der Waals surface area contributed by atoms with Crippen LogP contribution in [0.3, 0.4) is 0 Å². The summed E-state index contributed by atoms with van der Waals surface area (Å²) in [6, 6.07) is 4.02. The highest BCUT2D eigenvalue weighted by atomic mass is 127. The van der Waals surface area contributed by atoms with Crippen LogP contribution in [0.5, 0.6) is 11.5 Å². The van der Waals surface area contributed by atoms with Gasteiger partial charge in [0.2, 0.25) is 5.91 Å². The lowest BCUT2D eigenvalue weighted by atomic mass is 9.98. The first-order chi connectivity index (χ1) is 13.6. The Kier molecular flexibility index (Phi) is 9.32. The molecular formula is C21H33IN4O3. The maximum absolute atomic E-state index is 12.6. The number of amides is 1. The number of nitrogens with zero attached hydrogens (tertiary/aromatic N) is 2. The van der Waals surface area contributed by atoms with E-state index in [1.165, 1.54) is 18.4 Å². The molecule has 2 aliphatic rings. The minimum absolute atomic E-state index is 0. The van der Waals surface area contributed by atoms with Gasteiger partial charge in [0.05, 0.1) is 14.2 Å². The Morgan fingerprint density at radius 2 is 1.86 bits per heavy atom. The Hall–Kier alpha value is -1.71.